The number of rotatable bonds is 3. The third kappa shape index (κ3) is 2.94. The number of aromatic nitrogens is 1. The van der Waals surface area contributed by atoms with E-state index in [-0.39, 0.29) is 12.5 Å². The Hall–Kier alpha value is -1.62. The third-order valence-corrected chi connectivity index (χ3v) is 2.86. The SMILES string of the molecule is Cc1oc(C(=O)OCc2ccccc2)nc1Br. The van der Waals surface area contributed by atoms with E-state index in [1.54, 1.807) is 6.92 Å². The predicted octanol–water partition coefficient (Wildman–Crippen LogP) is 3.10. The van der Waals surface area contributed by atoms with E-state index in [1.165, 1.54) is 0 Å². The zero-order valence-corrected chi connectivity index (χ0v) is 10.7. The molecule has 2 aromatic rings. The topological polar surface area (TPSA) is 52.3 Å². The van der Waals surface area contributed by atoms with Gasteiger partial charge in [0, 0.05) is 0 Å². The lowest BCUT2D eigenvalue weighted by atomic mass is 10.2. The number of hydrogen-bond donors (Lipinski definition) is 0. The highest BCUT2D eigenvalue weighted by molar-refractivity contribution is 9.10. The van der Waals surface area contributed by atoms with Crippen molar-refractivity contribution in [3.63, 3.8) is 0 Å². The summed E-state index contributed by atoms with van der Waals surface area (Å²) in [5.41, 5.74) is 0.920. The minimum Gasteiger partial charge on any atom is -0.454 e. The van der Waals surface area contributed by atoms with Crippen LogP contribution in [0, 0.1) is 6.92 Å². The van der Waals surface area contributed by atoms with Crippen LogP contribution in [0.15, 0.2) is 39.4 Å². The van der Waals surface area contributed by atoms with Gasteiger partial charge in [-0.2, -0.15) is 4.98 Å². The quantitative estimate of drug-likeness (QED) is 0.817. The van der Waals surface area contributed by atoms with E-state index in [2.05, 4.69) is 20.9 Å². The van der Waals surface area contributed by atoms with Crippen molar-refractivity contribution in [2.45, 2.75) is 13.5 Å². The fourth-order valence-electron chi connectivity index (χ4n) is 1.25. The molecule has 1 aromatic carbocycles. The summed E-state index contributed by atoms with van der Waals surface area (Å²) >= 11 is 3.17. The normalized spacial score (nSPS) is 10.2. The lowest BCUT2D eigenvalue weighted by Gasteiger charge is -2.01. The molecule has 0 amide bonds. The van der Waals surface area contributed by atoms with Crippen molar-refractivity contribution < 1.29 is 13.9 Å². The van der Waals surface area contributed by atoms with E-state index >= 15 is 0 Å². The maximum absolute atomic E-state index is 11.6. The van der Waals surface area contributed by atoms with Crippen LogP contribution >= 0.6 is 15.9 Å². The summed E-state index contributed by atoms with van der Waals surface area (Å²) in [4.78, 5) is 15.5. The van der Waals surface area contributed by atoms with E-state index in [9.17, 15) is 4.79 Å². The number of esters is 1. The van der Waals surface area contributed by atoms with Crippen LogP contribution in [0.4, 0.5) is 0 Å². The molecule has 88 valence electrons. The highest BCUT2D eigenvalue weighted by Gasteiger charge is 2.16. The summed E-state index contributed by atoms with van der Waals surface area (Å²) in [6.45, 7) is 1.92. The fraction of sp³-hybridized carbons (Fsp3) is 0.167. The first-order chi connectivity index (χ1) is 8.16. The number of carbonyl (C=O) groups is 1. The number of oxazole rings is 1. The van der Waals surface area contributed by atoms with Gasteiger partial charge in [-0.25, -0.2) is 4.79 Å². The maximum atomic E-state index is 11.6. The molecule has 2 rings (SSSR count). The van der Waals surface area contributed by atoms with Gasteiger partial charge in [0.15, 0.2) is 0 Å². The van der Waals surface area contributed by atoms with Gasteiger partial charge < -0.3 is 9.15 Å². The summed E-state index contributed by atoms with van der Waals surface area (Å²) in [6.07, 6.45) is 0. The molecule has 4 nitrogen and oxygen atoms in total. The Balaban J connectivity index is 1.98. The minimum absolute atomic E-state index is 0.0368. The lowest BCUT2D eigenvalue weighted by molar-refractivity contribution is 0.0425. The van der Waals surface area contributed by atoms with Gasteiger partial charge >= 0.3 is 11.9 Å². The number of ether oxygens (including phenoxy) is 1. The van der Waals surface area contributed by atoms with Gasteiger partial charge in [0.2, 0.25) is 0 Å². The van der Waals surface area contributed by atoms with Crippen LogP contribution in [-0.2, 0) is 11.3 Å². The fourth-order valence-corrected chi connectivity index (χ4v) is 1.49. The maximum Gasteiger partial charge on any atom is 0.395 e. The Bertz CT molecular complexity index is 502. The highest BCUT2D eigenvalue weighted by Crippen LogP contribution is 2.16. The molecule has 0 radical (unpaired) electrons. The predicted molar refractivity (Wildman–Crippen MR) is 64.5 cm³/mol. The van der Waals surface area contributed by atoms with Crippen molar-refractivity contribution >= 4 is 21.9 Å². The molecule has 0 atom stereocenters. The van der Waals surface area contributed by atoms with Crippen LogP contribution in [0.5, 0.6) is 0 Å². The van der Waals surface area contributed by atoms with Crippen LogP contribution in [0.1, 0.15) is 22.0 Å². The van der Waals surface area contributed by atoms with Crippen molar-refractivity contribution in [2.24, 2.45) is 0 Å². The van der Waals surface area contributed by atoms with Crippen LogP contribution in [0.3, 0.4) is 0 Å². The molecule has 0 unspecified atom stereocenters. The number of hydrogen-bond acceptors (Lipinski definition) is 4. The summed E-state index contributed by atoms with van der Waals surface area (Å²) in [6, 6.07) is 9.43. The van der Waals surface area contributed by atoms with Gasteiger partial charge in [0.1, 0.15) is 17.0 Å². The molecule has 17 heavy (non-hydrogen) atoms. The van der Waals surface area contributed by atoms with Crippen LogP contribution in [0.25, 0.3) is 0 Å². The largest absolute Gasteiger partial charge is 0.454 e. The van der Waals surface area contributed by atoms with E-state index in [1.807, 2.05) is 30.3 Å². The average molecular weight is 296 g/mol. The molecule has 1 heterocycles. The smallest absolute Gasteiger partial charge is 0.395 e. The second kappa shape index (κ2) is 5.14. The molecule has 0 aliphatic heterocycles. The number of nitrogens with zero attached hydrogens (tertiary/aromatic N) is 1. The van der Waals surface area contributed by atoms with Crippen molar-refractivity contribution in [1.82, 2.24) is 4.98 Å². The number of benzene rings is 1. The van der Waals surface area contributed by atoms with Crippen LogP contribution < -0.4 is 0 Å². The Morgan fingerprint density at radius 3 is 2.71 bits per heavy atom. The monoisotopic (exact) mass is 295 g/mol. The van der Waals surface area contributed by atoms with Crippen molar-refractivity contribution in [1.29, 1.82) is 0 Å². The molecule has 0 aliphatic carbocycles. The van der Waals surface area contributed by atoms with Gasteiger partial charge in [-0.3, -0.25) is 0 Å². The number of aryl methyl sites for hydroxylation is 1. The summed E-state index contributed by atoms with van der Waals surface area (Å²) in [5, 5.41) is 0. The van der Waals surface area contributed by atoms with E-state index in [0.717, 1.165) is 5.56 Å². The Morgan fingerprint density at radius 1 is 1.41 bits per heavy atom. The molecular weight excluding hydrogens is 286 g/mol. The first kappa shape index (κ1) is 11.9. The van der Waals surface area contributed by atoms with Gasteiger partial charge in [-0.1, -0.05) is 30.3 Å². The molecule has 0 bridgehead atoms. The van der Waals surface area contributed by atoms with Crippen LogP contribution in [0.2, 0.25) is 0 Å². The summed E-state index contributed by atoms with van der Waals surface area (Å²) < 4.78 is 10.7. The second-order valence-corrected chi connectivity index (χ2v) is 4.18. The van der Waals surface area contributed by atoms with Gasteiger partial charge in [0.25, 0.3) is 0 Å². The highest BCUT2D eigenvalue weighted by atomic mass is 79.9. The Labute approximate surface area is 107 Å². The molecule has 0 spiro atoms. The van der Waals surface area contributed by atoms with Gasteiger partial charge in [-0.05, 0) is 28.4 Å². The molecule has 5 heteroatoms. The second-order valence-electron chi connectivity index (χ2n) is 3.43. The van der Waals surface area contributed by atoms with E-state index < -0.39 is 5.97 Å². The third-order valence-electron chi connectivity index (χ3n) is 2.13. The van der Waals surface area contributed by atoms with Gasteiger partial charge in [-0.15, -0.1) is 0 Å². The van der Waals surface area contributed by atoms with Crippen molar-refractivity contribution in [3.8, 4) is 0 Å². The van der Waals surface area contributed by atoms with E-state index in [4.69, 9.17) is 9.15 Å². The Morgan fingerprint density at radius 2 is 2.12 bits per heavy atom. The lowest BCUT2D eigenvalue weighted by Crippen LogP contribution is -2.05. The molecule has 1 aromatic heterocycles. The first-order valence-corrected chi connectivity index (χ1v) is 5.80. The molecule has 0 saturated carbocycles. The van der Waals surface area contributed by atoms with Crippen molar-refractivity contribution in [2.75, 3.05) is 0 Å². The van der Waals surface area contributed by atoms with Gasteiger partial charge in [0.05, 0.1) is 0 Å². The minimum atomic E-state index is -0.567. The molecule has 0 saturated heterocycles. The number of carbonyl (C=O) groups excluding carboxylic acids is 1. The summed E-state index contributed by atoms with van der Waals surface area (Å²) in [5.74, 6) is -0.0513. The first-order valence-electron chi connectivity index (χ1n) is 5.01. The zero-order chi connectivity index (χ0) is 12.3. The zero-order valence-electron chi connectivity index (χ0n) is 9.14. The van der Waals surface area contributed by atoms with Crippen LogP contribution in [-0.4, -0.2) is 11.0 Å². The molecule has 0 N–H and O–H groups in total. The molecular formula is C12H10BrNO3. The van der Waals surface area contributed by atoms with E-state index in [0.29, 0.717) is 10.4 Å². The molecule has 0 aliphatic rings. The summed E-state index contributed by atoms with van der Waals surface area (Å²) in [7, 11) is 0. The Kier molecular flexibility index (Phi) is 3.58. The standard InChI is InChI=1S/C12H10BrNO3/c1-8-10(13)14-11(17-8)12(15)16-7-9-5-3-2-4-6-9/h2-6H,7H2,1H3. The number of halogens is 1. The molecule has 0 fully saturated rings. The van der Waals surface area contributed by atoms with Crippen molar-refractivity contribution in [3.05, 3.63) is 52.1 Å². The average Bonchev–Trinajstić information content (AvgIpc) is 2.68.